The van der Waals surface area contributed by atoms with Crippen LogP contribution in [0.3, 0.4) is 0 Å². The predicted molar refractivity (Wildman–Crippen MR) is 136 cm³/mol. The monoisotopic (exact) mass is 481 g/mol. The lowest BCUT2D eigenvalue weighted by Gasteiger charge is -2.30. The zero-order valence-corrected chi connectivity index (χ0v) is 20.7. The number of benzene rings is 2. The highest BCUT2D eigenvalue weighted by atomic mass is 32.2. The van der Waals surface area contributed by atoms with Gasteiger partial charge in [-0.2, -0.15) is 4.31 Å². The van der Waals surface area contributed by atoms with Crippen LogP contribution >= 0.6 is 0 Å². The highest BCUT2D eigenvalue weighted by molar-refractivity contribution is 7.89. The molecular weight excluding hydrogens is 446 g/mol. The predicted octanol–water partition coefficient (Wildman–Crippen LogP) is 4.60. The number of nitrogens with one attached hydrogen (secondary N) is 1. The van der Waals surface area contributed by atoms with Crippen LogP contribution in [0.5, 0.6) is 0 Å². The number of hydrogen-bond donors (Lipinski definition) is 1. The fourth-order valence-corrected chi connectivity index (χ4v) is 7.07. The number of fused-ring (bicyclic) bond motifs is 1. The first-order chi connectivity index (χ1) is 16.5. The van der Waals surface area contributed by atoms with Crippen LogP contribution in [-0.4, -0.2) is 44.8 Å². The van der Waals surface area contributed by atoms with Gasteiger partial charge in [0.05, 0.1) is 4.90 Å². The first kappa shape index (κ1) is 23.4. The molecule has 0 atom stereocenters. The minimum absolute atomic E-state index is 0.0166. The molecule has 0 saturated carbocycles. The topological polar surface area (TPSA) is 69.7 Å². The average Bonchev–Trinajstić information content (AvgIpc) is 3.17. The van der Waals surface area contributed by atoms with Crippen LogP contribution in [-0.2, 0) is 27.7 Å². The van der Waals surface area contributed by atoms with E-state index in [0.717, 1.165) is 43.6 Å². The molecule has 0 aromatic heterocycles. The molecule has 1 N–H and O–H groups in total. The lowest BCUT2D eigenvalue weighted by molar-refractivity contribution is -0.120. The zero-order valence-electron chi connectivity index (χ0n) is 19.8. The molecule has 0 radical (unpaired) electrons. The van der Waals surface area contributed by atoms with Crippen molar-refractivity contribution in [2.75, 3.05) is 36.4 Å². The molecule has 2 aromatic rings. The van der Waals surface area contributed by atoms with Gasteiger partial charge in [0.2, 0.25) is 15.9 Å². The smallest absolute Gasteiger partial charge is 0.243 e. The molecule has 2 aliphatic heterocycles. The summed E-state index contributed by atoms with van der Waals surface area (Å²) < 4.78 is 27.9. The number of rotatable bonds is 5. The highest BCUT2D eigenvalue weighted by Crippen LogP contribution is 2.29. The van der Waals surface area contributed by atoms with E-state index in [1.54, 1.807) is 10.4 Å². The minimum atomic E-state index is -3.51. The standard InChI is InChI=1S/C27H35N3O3S/c31-27(28-24-9-11-25(12-10-24)29-16-3-1-2-4-17-29)22-14-18-30(19-15-22)34(32,33)26-13-8-21-6-5-7-23(21)20-26/h8-13,20,22H,1-7,14-19H2,(H,28,31). The van der Waals surface area contributed by atoms with Crippen molar-refractivity contribution in [3.05, 3.63) is 53.6 Å². The zero-order chi connectivity index (χ0) is 23.5. The Morgan fingerprint density at radius 3 is 2.18 bits per heavy atom. The number of carbonyl (C=O) groups is 1. The van der Waals surface area contributed by atoms with Gasteiger partial charge in [0.1, 0.15) is 0 Å². The molecule has 182 valence electrons. The van der Waals surface area contributed by atoms with Crippen molar-refractivity contribution in [1.82, 2.24) is 4.31 Å². The Labute approximate surface area is 203 Å². The molecule has 2 fully saturated rings. The number of hydrogen-bond acceptors (Lipinski definition) is 4. The van der Waals surface area contributed by atoms with E-state index in [2.05, 4.69) is 22.3 Å². The maximum Gasteiger partial charge on any atom is 0.243 e. The second-order valence-electron chi connectivity index (χ2n) is 9.90. The Kier molecular flexibility index (Phi) is 6.93. The van der Waals surface area contributed by atoms with Gasteiger partial charge < -0.3 is 10.2 Å². The summed E-state index contributed by atoms with van der Waals surface area (Å²) in [6, 6.07) is 13.7. The number of piperidine rings is 1. The molecule has 1 amide bonds. The lowest BCUT2D eigenvalue weighted by atomic mass is 9.97. The van der Waals surface area contributed by atoms with Crippen molar-refractivity contribution in [1.29, 1.82) is 0 Å². The molecule has 0 spiro atoms. The van der Waals surface area contributed by atoms with E-state index < -0.39 is 10.0 Å². The third-order valence-corrected chi connectivity index (χ3v) is 9.53. The molecule has 2 heterocycles. The van der Waals surface area contributed by atoms with Crippen LogP contribution in [0, 0.1) is 5.92 Å². The molecule has 34 heavy (non-hydrogen) atoms. The second kappa shape index (κ2) is 10.1. The molecular formula is C27H35N3O3S. The van der Waals surface area contributed by atoms with Crippen LogP contribution in [0.1, 0.15) is 56.1 Å². The van der Waals surface area contributed by atoms with Crippen molar-refractivity contribution in [2.24, 2.45) is 5.92 Å². The molecule has 7 heteroatoms. The van der Waals surface area contributed by atoms with E-state index in [9.17, 15) is 13.2 Å². The molecule has 1 aliphatic carbocycles. The summed E-state index contributed by atoms with van der Waals surface area (Å²) in [4.78, 5) is 15.7. The van der Waals surface area contributed by atoms with Crippen molar-refractivity contribution >= 4 is 27.3 Å². The highest BCUT2D eigenvalue weighted by Gasteiger charge is 2.32. The third kappa shape index (κ3) is 5.01. The van der Waals surface area contributed by atoms with Gasteiger partial charge in [-0.15, -0.1) is 0 Å². The van der Waals surface area contributed by atoms with Gasteiger partial charge >= 0.3 is 0 Å². The maximum absolute atomic E-state index is 13.2. The van der Waals surface area contributed by atoms with Crippen LogP contribution in [0.25, 0.3) is 0 Å². The van der Waals surface area contributed by atoms with Crippen LogP contribution in [0.15, 0.2) is 47.4 Å². The number of amides is 1. The fourth-order valence-electron chi connectivity index (χ4n) is 5.54. The van der Waals surface area contributed by atoms with E-state index in [0.29, 0.717) is 30.8 Å². The summed E-state index contributed by atoms with van der Waals surface area (Å²) in [5.74, 6) is -0.186. The molecule has 2 saturated heterocycles. The Balaban J connectivity index is 1.16. The average molecular weight is 482 g/mol. The van der Waals surface area contributed by atoms with Gasteiger partial charge in [-0.25, -0.2) is 8.42 Å². The lowest BCUT2D eigenvalue weighted by Crippen LogP contribution is -2.41. The first-order valence-corrected chi connectivity index (χ1v) is 14.2. The number of nitrogens with zero attached hydrogens (tertiary/aromatic N) is 2. The summed E-state index contributed by atoms with van der Waals surface area (Å²) >= 11 is 0. The number of aryl methyl sites for hydroxylation is 2. The van der Waals surface area contributed by atoms with Gasteiger partial charge in [0.25, 0.3) is 0 Å². The molecule has 5 rings (SSSR count). The number of anilines is 2. The number of carbonyl (C=O) groups excluding carboxylic acids is 1. The van der Waals surface area contributed by atoms with Crippen LogP contribution in [0.2, 0.25) is 0 Å². The molecule has 6 nitrogen and oxygen atoms in total. The number of sulfonamides is 1. The molecule has 2 aromatic carbocycles. The van der Waals surface area contributed by atoms with Gasteiger partial charge in [-0.3, -0.25) is 4.79 Å². The maximum atomic E-state index is 13.2. The van der Waals surface area contributed by atoms with Gasteiger partial charge in [0, 0.05) is 43.5 Å². The normalized spacial score (nSPS) is 20.1. The van der Waals surface area contributed by atoms with Crippen molar-refractivity contribution in [3.63, 3.8) is 0 Å². The van der Waals surface area contributed by atoms with Crippen molar-refractivity contribution in [2.45, 2.75) is 62.7 Å². The second-order valence-corrected chi connectivity index (χ2v) is 11.8. The third-order valence-electron chi connectivity index (χ3n) is 7.64. The Morgan fingerprint density at radius 2 is 1.47 bits per heavy atom. The SMILES string of the molecule is O=C(Nc1ccc(N2CCCCCC2)cc1)C1CCN(S(=O)(=O)c2ccc3c(c2)CCC3)CC1. The molecule has 0 unspecified atom stereocenters. The Morgan fingerprint density at radius 1 is 0.794 bits per heavy atom. The first-order valence-electron chi connectivity index (χ1n) is 12.8. The summed E-state index contributed by atoms with van der Waals surface area (Å²) in [5, 5.41) is 3.04. The van der Waals surface area contributed by atoms with Gasteiger partial charge in [0.15, 0.2) is 0 Å². The van der Waals surface area contributed by atoms with Crippen molar-refractivity contribution < 1.29 is 13.2 Å². The summed E-state index contributed by atoms with van der Waals surface area (Å²) in [6.45, 7) is 2.95. The quantitative estimate of drug-likeness (QED) is 0.678. The minimum Gasteiger partial charge on any atom is -0.372 e. The van der Waals surface area contributed by atoms with Gasteiger partial charge in [-0.05, 0) is 92.5 Å². The molecule has 3 aliphatic rings. The van der Waals surface area contributed by atoms with Crippen molar-refractivity contribution in [3.8, 4) is 0 Å². The summed E-state index contributed by atoms with van der Waals surface area (Å²) in [7, 11) is -3.51. The fraction of sp³-hybridized carbons (Fsp3) is 0.519. The molecule has 0 bridgehead atoms. The summed E-state index contributed by atoms with van der Waals surface area (Å²) in [6.07, 6.45) is 9.26. The van der Waals surface area contributed by atoms with E-state index in [4.69, 9.17) is 0 Å². The van der Waals surface area contributed by atoms with Crippen LogP contribution in [0.4, 0.5) is 11.4 Å². The Bertz CT molecular complexity index is 1110. The van der Waals surface area contributed by atoms with Gasteiger partial charge in [-0.1, -0.05) is 18.9 Å². The van der Waals surface area contributed by atoms with E-state index >= 15 is 0 Å². The van der Waals surface area contributed by atoms with Crippen LogP contribution < -0.4 is 10.2 Å². The summed E-state index contributed by atoms with van der Waals surface area (Å²) in [5.41, 5.74) is 4.45. The van der Waals surface area contributed by atoms with E-state index in [1.807, 2.05) is 24.3 Å². The largest absolute Gasteiger partial charge is 0.372 e. The van der Waals surface area contributed by atoms with E-state index in [1.165, 1.54) is 36.9 Å². The Hall–Kier alpha value is -2.38. The van der Waals surface area contributed by atoms with E-state index in [-0.39, 0.29) is 11.8 Å².